The number of rotatable bonds is 4. The van der Waals surface area contributed by atoms with Gasteiger partial charge in [0.15, 0.2) is 0 Å². The van der Waals surface area contributed by atoms with Crippen LogP contribution in [0.4, 0.5) is 0 Å². The Hall–Kier alpha value is -0.570. The quantitative estimate of drug-likeness (QED) is 0.834. The van der Waals surface area contributed by atoms with Gasteiger partial charge in [-0.05, 0) is 18.9 Å². The second kappa shape index (κ2) is 6.83. The maximum Gasteiger partial charge on any atom is 0.0732 e. The largest absolute Gasteiger partial charge is 0.391 e. The van der Waals surface area contributed by atoms with E-state index in [0.29, 0.717) is 0 Å². The van der Waals surface area contributed by atoms with Crippen LogP contribution in [-0.4, -0.2) is 11.2 Å². The summed E-state index contributed by atoms with van der Waals surface area (Å²) < 4.78 is 0. The van der Waals surface area contributed by atoms with E-state index in [4.69, 9.17) is 5.73 Å². The van der Waals surface area contributed by atoms with Crippen molar-refractivity contribution in [2.24, 2.45) is 5.73 Å². The Morgan fingerprint density at radius 3 is 2.60 bits per heavy atom. The van der Waals surface area contributed by atoms with E-state index in [1.165, 1.54) is 5.56 Å². The van der Waals surface area contributed by atoms with Gasteiger partial charge < -0.3 is 10.8 Å². The fraction of sp³-hybridized carbons (Fsp3) is 0.500. The lowest BCUT2D eigenvalue weighted by Gasteiger charge is -2.18. The summed E-state index contributed by atoms with van der Waals surface area (Å²) in [4.78, 5) is 0. The number of halogens is 1. The minimum Gasteiger partial charge on any atom is -0.391 e. The molecule has 3 N–H and O–H groups in total. The molecule has 0 unspecified atom stereocenters. The first kappa shape index (κ1) is 14.4. The second-order valence-electron chi connectivity index (χ2n) is 3.80. The molecule has 0 aromatic heterocycles. The molecule has 2 nitrogen and oxygen atoms in total. The first-order chi connectivity index (χ1) is 6.65. The Kier molecular flexibility index (Phi) is 6.57. The van der Waals surface area contributed by atoms with Crippen LogP contribution in [0, 0.1) is 6.92 Å². The van der Waals surface area contributed by atoms with E-state index >= 15 is 0 Å². The van der Waals surface area contributed by atoms with Crippen molar-refractivity contribution in [1.82, 2.24) is 0 Å². The van der Waals surface area contributed by atoms with Gasteiger partial charge in [-0.15, -0.1) is 12.4 Å². The van der Waals surface area contributed by atoms with Gasteiger partial charge in [0.2, 0.25) is 0 Å². The highest BCUT2D eigenvalue weighted by atomic mass is 35.5. The second-order valence-corrected chi connectivity index (χ2v) is 3.80. The monoisotopic (exact) mass is 229 g/mol. The molecule has 15 heavy (non-hydrogen) atoms. The number of benzene rings is 1. The van der Waals surface area contributed by atoms with Gasteiger partial charge in [0, 0.05) is 0 Å². The zero-order chi connectivity index (χ0) is 10.6. The van der Waals surface area contributed by atoms with E-state index in [-0.39, 0.29) is 18.4 Å². The molecule has 0 saturated heterocycles. The van der Waals surface area contributed by atoms with E-state index in [1.54, 1.807) is 0 Å². The highest BCUT2D eigenvalue weighted by Gasteiger charge is 2.15. The number of aliphatic hydroxyl groups is 1. The van der Waals surface area contributed by atoms with Crippen LogP contribution in [-0.2, 0) is 0 Å². The molecule has 1 aromatic rings. The Balaban J connectivity index is 0.00000196. The first-order valence-electron chi connectivity index (χ1n) is 5.15. The lowest BCUT2D eigenvalue weighted by molar-refractivity contribution is 0.134. The van der Waals surface area contributed by atoms with Gasteiger partial charge >= 0.3 is 0 Å². The van der Waals surface area contributed by atoms with Crippen LogP contribution in [0.3, 0.4) is 0 Å². The van der Waals surface area contributed by atoms with Gasteiger partial charge in [-0.2, -0.15) is 0 Å². The molecule has 0 heterocycles. The van der Waals surface area contributed by atoms with Crippen LogP contribution in [0.2, 0.25) is 0 Å². The van der Waals surface area contributed by atoms with Crippen LogP contribution in [0.5, 0.6) is 0 Å². The summed E-state index contributed by atoms with van der Waals surface area (Å²) >= 11 is 0. The highest BCUT2D eigenvalue weighted by Crippen LogP contribution is 2.18. The number of hydrogen-bond acceptors (Lipinski definition) is 2. The lowest BCUT2D eigenvalue weighted by atomic mass is 9.98. The molecule has 2 atom stereocenters. The summed E-state index contributed by atoms with van der Waals surface area (Å²) in [7, 11) is 0. The third-order valence-corrected chi connectivity index (χ3v) is 2.43. The minimum atomic E-state index is -0.429. The third kappa shape index (κ3) is 4.20. The van der Waals surface area contributed by atoms with Gasteiger partial charge in [-0.1, -0.05) is 43.2 Å². The average Bonchev–Trinajstić information content (AvgIpc) is 2.17. The molecule has 0 aliphatic carbocycles. The summed E-state index contributed by atoms with van der Waals surface area (Å²) in [6.07, 6.45) is 1.29. The summed E-state index contributed by atoms with van der Waals surface area (Å²) in [5.74, 6) is 0. The van der Waals surface area contributed by atoms with Crippen molar-refractivity contribution in [2.45, 2.75) is 38.8 Å². The molecular weight excluding hydrogens is 210 g/mol. The summed E-state index contributed by atoms with van der Waals surface area (Å²) in [6.45, 7) is 4.08. The molecule has 0 saturated carbocycles. The normalized spacial score (nSPS) is 14.1. The topological polar surface area (TPSA) is 46.2 Å². The van der Waals surface area contributed by atoms with E-state index in [9.17, 15) is 5.11 Å². The van der Waals surface area contributed by atoms with Crippen molar-refractivity contribution >= 4 is 12.4 Å². The maximum absolute atomic E-state index is 9.74. The average molecular weight is 230 g/mol. The van der Waals surface area contributed by atoms with Crippen molar-refractivity contribution in [3.8, 4) is 0 Å². The third-order valence-electron chi connectivity index (χ3n) is 2.43. The summed E-state index contributed by atoms with van der Waals surface area (Å²) in [5, 5.41) is 9.74. The minimum absolute atomic E-state index is 0. The SMILES string of the molecule is CCC[C@H](O)[C@H](N)c1cccc(C)c1.Cl. The summed E-state index contributed by atoms with van der Waals surface area (Å²) in [5.41, 5.74) is 8.14. The first-order valence-corrected chi connectivity index (χ1v) is 5.15. The van der Waals surface area contributed by atoms with Gasteiger partial charge in [0.25, 0.3) is 0 Å². The molecule has 0 bridgehead atoms. The predicted octanol–water partition coefficient (Wildman–Crippen LogP) is 2.58. The Bertz CT molecular complexity index is 291. The van der Waals surface area contributed by atoms with Crippen molar-refractivity contribution in [1.29, 1.82) is 0 Å². The van der Waals surface area contributed by atoms with Crippen LogP contribution < -0.4 is 5.73 Å². The number of hydrogen-bond donors (Lipinski definition) is 2. The van der Waals surface area contributed by atoms with Crippen molar-refractivity contribution < 1.29 is 5.11 Å². The van der Waals surface area contributed by atoms with Crippen LogP contribution in [0.1, 0.15) is 36.9 Å². The Morgan fingerprint density at radius 1 is 1.40 bits per heavy atom. The molecule has 86 valence electrons. The van der Waals surface area contributed by atoms with Crippen molar-refractivity contribution in [3.05, 3.63) is 35.4 Å². The van der Waals surface area contributed by atoms with Gasteiger partial charge in [0.1, 0.15) is 0 Å². The van der Waals surface area contributed by atoms with Gasteiger partial charge in [0.05, 0.1) is 12.1 Å². The van der Waals surface area contributed by atoms with Crippen LogP contribution >= 0.6 is 12.4 Å². The van der Waals surface area contributed by atoms with Gasteiger partial charge in [-0.25, -0.2) is 0 Å². The van der Waals surface area contributed by atoms with Crippen LogP contribution in [0.25, 0.3) is 0 Å². The van der Waals surface area contributed by atoms with E-state index < -0.39 is 6.10 Å². The van der Waals surface area contributed by atoms with Crippen molar-refractivity contribution in [3.63, 3.8) is 0 Å². The number of aliphatic hydroxyl groups excluding tert-OH is 1. The molecule has 0 fully saturated rings. The molecule has 0 amide bonds. The molecule has 0 aliphatic rings. The molecule has 0 spiro atoms. The Morgan fingerprint density at radius 2 is 2.07 bits per heavy atom. The summed E-state index contributed by atoms with van der Waals surface area (Å²) in [6, 6.07) is 7.75. The van der Waals surface area contributed by atoms with E-state index in [1.807, 2.05) is 38.1 Å². The molecule has 1 aromatic carbocycles. The lowest BCUT2D eigenvalue weighted by Crippen LogP contribution is -2.25. The van der Waals surface area contributed by atoms with Crippen LogP contribution in [0.15, 0.2) is 24.3 Å². The zero-order valence-corrected chi connectivity index (χ0v) is 10.1. The molecule has 3 heteroatoms. The fourth-order valence-corrected chi connectivity index (χ4v) is 1.57. The number of aryl methyl sites for hydroxylation is 1. The fourth-order valence-electron chi connectivity index (χ4n) is 1.57. The highest BCUT2D eigenvalue weighted by molar-refractivity contribution is 5.85. The Labute approximate surface area is 97.9 Å². The van der Waals surface area contributed by atoms with E-state index in [2.05, 4.69) is 0 Å². The number of nitrogens with two attached hydrogens (primary N) is 1. The molecule has 1 rings (SSSR count). The van der Waals surface area contributed by atoms with Crippen molar-refractivity contribution in [2.75, 3.05) is 0 Å². The standard InChI is InChI=1S/C12H19NO.ClH/c1-3-5-11(14)12(13)10-7-4-6-9(2)8-10;/h4,6-8,11-12,14H,3,5,13H2,1-2H3;1H/t11-,12+;/m0./s1. The molecular formula is C12H20ClNO. The molecule has 0 aliphatic heterocycles. The van der Waals surface area contributed by atoms with Gasteiger partial charge in [-0.3, -0.25) is 0 Å². The zero-order valence-electron chi connectivity index (χ0n) is 9.31. The predicted molar refractivity (Wildman–Crippen MR) is 66.3 cm³/mol. The van der Waals surface area contributed by atoms with E-state index in [0.717, 1.165) is 18.4 Å². The maximum atomic E-state index is 9.74. The molecule has 0 radical (unpaired) electrons. The smallest absolute Gasteiger partial charge is 0.0732 e.